The summed E-state index contributed by atoms with van der Waals surface area (Å²) in [4.78, 5) is 28.1. The van der Waals surface area contributed by atoms with Crippen LogP contribution in [0.15, 0.2) is 42.5 Å². The number of piperidine rings is 1. The van der Waals surface area contributed by atoms with Gasteiger partial charge in [-0.1, -0.05) is 43.3 Å². The summed E-state index contributed by atoms with van der Waals surface area (Å²) in [6.07, 6.45) is 1.76. The molecule has 1 fully saturated rings. The predicted molar refractivity (Wildman–Crippen MR) is 119 cm³/mol. The SMILES string of the molecule is CCN(CC(=O)O)C1CCN(C(C)C(=O)Nc2cccc3ccccc23)CC1.Cl. The summed E-state index contributed by atoms with van der Waals surface area (Å²) in [6.45, 7) is 6.34. The van der Waals surface area contributed by atoms with Gasteiger partial charge in [0.15, 0.2) is 0 Å². The van der Waals surface area contributed by atoms with E-state index in [1.807, 2.05) is 61.2 Å². The molecule has 1 atom stereocenters. The Balaban J connectivity index is 0.00000300. The first-order chi connectivity index (χ1) is 13.5. The highest BCUT2D eigenvalue weighted by Crippen LogP contribution is 2.24. The monoisotopic (exact) mass is 419 g/mol. The Morgan fingerprint density at radius 2 is 1.83 bits per heavy atom. The number of carboxylic acids is 1. The van der Waals surface area contributed by atoms with Crippen molar-refractivity contribution < 1.29 is 14.7 Å². The van der Waals surface area contributed by atoms with Crippen molar-refractivity contribution in [3.05, 3.63) is 42.5 Å². The van der Waals surface area contributed by atoms with Gasteiger partial charge in [0.1, 0.15) is 0 Å². The van der Waals surface area contributed by atoms with Gasteiger partial charge in [-0.15, -0.1) is 12.4 Å². The first-order valence-electron chi connectivity index (χ1n) is 9.98. The number of nitrogens with zero attached hydrogens (tertiary/aromatic N) is 2. The minimum absolute atomic E-state index is 0. The zero-order valence-electron chi connectivity index (χ0n) is 17.0. The maximum absolute atomic E-state index is 12.8. The molecular weight excluding hydrogens is 390 g/mol. The second kappa shape index (κ2) is 10.6. The molecule has 0 aromatic heterocycles. The van der Waals surface area contributed by atoms with Crippen LogP contribution in [0.2, 0.25) is 0 Å². The van der Waals surface area contributed by atoms with Crippen LogP contribution in [0.4, 0.5) is 5.69 Å². The molecule has 1 aliphatic heterocycles. The van der Waals surface area contributed by atoms with Gasteiger partial charge in [0.2, 0.25) is 5.91 Å². The maximum Gasteiger partial charge on any atom is 0.317 e. The molecule has 1 aliphatic rings. The lowest BCUT2D eigenvalue weighted by molar-refractivity contribution is -0.139. The summed E-state index contributed by atoms with van der Waals surface area (Å²) in [7, 11) is 0. The van der Waals surface area contributed by atoms with Gasteiger partial charge in [-0.05, 0) is 37.8 Å². The normalized spacial score (nSPS) is 16.4. The quantitative estimate of drug-likeness (QED) is 0.719. The average Bonchev–Trinajstić information content (AvgIpc) is 2.71. The summed E-state index contributed by atoms with van der Waals surface area (Å²) in [5, 5.41) is 14.3. The molecule has 0 spiro atoms. The van der Waals surface area contributed by atoms with Crippen molar-refractivity contribution in [1.82, 2.24) is 9.80 Å². The molecule has 29 heavy (non-hydrogen) atoms. The van der Waals surface area contributed by atoms with E-state index in [4.69, 9.17) is 5.11 Å². The van der Waals surface area contributed by atoms with Gasteiger partial charge < -0.3 is 10.4 Å². The van der Waals surface area contributed by atoms with E-state index in [0.29, 0.717) is 0 Å². The predicted octanol–water partition coefficient (Wildman–Crippen LogP) is 3.46. The topological polar surface area (TPSA) is 72.9 Å². The van der Waals surface area contributed by atoms with Crippen molar-refractivity contribution in [2.75, 3.05) is 31.5 Å². The Kier molecular flexibility index (Phi) is 8.44. The molecule has 1 saturated heterocycles. The van der Waals surface area contributed by atoms with Gasteiger partial charge in [-0.25, -0.2) is 0 Å². The minimum Gasteiger partial charge on any atom is -0.480 e. The van der Waals surface area contributed by atoms with Crippen LogP contribution >= 0.6 is 12.4 Å². The summed E-state index contributed by atoms with van der Waals surface area (Å²) in [6, 6.07) is 14.0. The number of fused-ring (bicyclic) bond motifs is 1. The highest BCUT2D eigenvalue weighted by atomic mass is 35.5. The van der Waals surface area contributed by atoms with E-state index < -0.39 is 5.97 Å². The highest BCUT2D eigenvalue weighted by Gasteiger charge is 2.29. The number of hydrogen-bond acceptors (Lipinski definition) is 4. The fourth-order valence-electron chi connectivity index (χ4n) is 4.05. The fourth-order valence-corrected chi connectivity index (χ4v) is 4.05. The summed E-state index contributed by atoms with van der Waals surface area (Å²) in [5.41, 5.74) is 0.837. The van der Waals surface area contributed by atoms with Crippen LogP contribution in [-0.2, 0) is 9.59 Å². The number of rotatable bonds is 7. The standard InChI is InChI=1S/C22H29N3O3.ClH/c1-3-24(15-21(26)27)18-11-13-25(14-12-18)16(2)22(28)23-20-10-6-8-17-7-4-5-9-19(17)20;/h4-10,16,18H,3,11-15H2,1-2H3,(H,23,28)(H,26,27);1H. The van der Waals surface area contributed by atoms with E-state index in [1.54, 1.807) is 0 Å². The van der Waals surface area contributed by atoms with Gasteiger partial charge in [0, 0.05) is 30.2 Å². The third-order valence-corrected chi connectivity index (χ3v) is 5.73. The van der Waals surface area contributed by atoms with E-state index in [0.717, 1.165) is 48.9 Å². The fraction of sp³-hybridized carbons (Fsp3) is 0.455. The first kappa shape index (κ1) is 23.1. The number of carbonyl (C=O) groups is 2. The van der Waals surface area contributed by atoms with Crippen LogP contribution in [0.25, 0.3) is 10.8 Å². The Morgan fingerprint density at radius 1 is 1.17 bits per heavy atom. The summed E-state index contributed by atoms with van der Waals surface area (Å²) >= 11 is 0. The lowest BCUT2D eigenvalue weighted by Crippen LogP contribution is -2.51. The van der Waals surface area contributed by atoms with Gasteiger partial charge in [0.25, 0.3) is 0 Å². The molecule has 7 heteroatoms. The number of nitrogens with one attached hydrogen (secondary N) is 1. The molecular formula is C22H30ClN3O3. The molecule has 6 nitrogen and oxygen atoms in total. The number of aliphatic carboxylic acids is 1. The number of carboxylic acid groups (broad SMARTS) is 1. The molecule has 158 valence electrons. The van der Waals surface area contributed by atoms with Crippen molar-refractivity contribution >= 4 is 40.7 Å². The molecule has 0 bridgehead atoms. The Hall–Kier alpha value is -2.15. The van der Waals surface area contributed by atoms with Crippen LogP contribution in [0, 0.1) is 0 Å². The summed E-state index contributed by atoms with van der Waals surface area (Å²) in [5.74, 6) is -0.792. The van der Waals surface area contributed by atoms with Gasteiger partial charge in [-0.2, -0.15) is 0 Å². The molecule has 0 aliphatic carbocycles. The highest BCUT2D eigenvalue weighted by molar-refractivity contribution is 6.03. The molecule has 1 amide bonds. The Bertz CT molecular complexity index is 832. The molecule has 1 heterocycles. The zero-order valence-corrected chi connectivity index (χ0v) is 17.8. The number of amides is 1. The molecule has 3 rings (SSSR count). The summed E-state index contributed by atoms with van der Waals surface area (Å²) < 4.78 is 0. The number of likely N-dealkylation sites (tertiary alicyclic amines) is 1. The van der Waals surface area contributed by atoms with E-state index >= 15 is 0 Å². The van der Waals surface area contributed by atoms with Crippen molar-refractivity contribution in [3.8, 4) is 0 Å². The second-order valence-electron chi connectivity index (χ2n) is 7.42. The van der Waals surface area contributed by atoms with Gasteiger partial charge in [0.05, 0.1) is 12.6 Å². The number of halogens is 1. The van der Waals surface area contributed by atoms with E-state index in [9.17, 15) is 9.59 Å². The van der Waals surface area contributed by atoms with Crippen LogP contribution in [0.1, 0.15) is 26.7 Å². The van der Waals surface area contributed by atoms with Gasteiger partial charge >= 0.3 is 5.97 Å². The lowest BCUT2D eigenvalue weighted by atomic mass is 10.0. The average molecular weight is 420 g/mol. The van der Waals surface area contributed by atoms with Crippen molar-refractivity contribution in [3.63, 3.8) is 0 Å². The molecule has 2 aromatic rings. The number of likely N-dealkylation sites (N-methyl/N-ethyl adjacent to an activating group) is 1. The molecule has 0 radical (unpaired) electrons. The molecule has 2 aromatic carbocycles. The van der Waals surface area contributed by atoms with Crippen LogP contribution in [0.5, 0.6) is 0 Å². The molecule has 1 unspecified atom stereocenters. The van der Waals surface area contributed by atoms with Crippen LogP contribution in [0.3, 0.4) is 0 Å². The van der Waals surface area contributed by atoms with E-state index in [1.165, 1.54) is 0 Å². The van der Waals surface area contributed by atoms with Crippen LogP contribution in [-0.4, -0.2) is 65.0 Å². The van der Waals surface area contributed by atoms with Crippen LogP contribution < -0.4 is 5.32 Å². The van der Waals surface area contributed by atoms with Crippen molar-refractivity contribution in [2.45, 2.75) is 38.8 Å². The molecule has 2 N–H and O–H groups in total. The van der Waals surface area contributed by atoms with E-state index in [2.05, 4.69) is 10.2 Å². The van der Waals surface area contributed by atoms with Crippen molar-refractivity contribution in [2.24, 2.45) is 0 Å². The van der Waals surface area contributed by atoms with Crippen molar-refractivity contribution in [1.29, 1.82) is 0 Å². The maximum atomic E-state index is 12.8. The molecule has 0 saturated carbocycles. The third-order valence-electron chi connectivity index (χ3n) is 5.73. The Morgan fingerprint density at radius 3 is 2.48 bits per heavy atom. The number of carbonyl (C=O) groups excluding carboxylic acids is 1. The first-order valence-corrected chi connectivity index (χ1v) is 9.98. The third kappa shape index (κ3) is 5.69. The number of benzene rings is 2. The lowest BCUT2D eigenvalue weighted by Gasteiger charge is -2.39. The van der Waals surface area contributed by atoms with E-state index in [-0.39, 0.29) is 36.9 Å². The zero-order chi connectivity index (χ0) is 20.1. The smallest absolute Gasteiger partial charge is 0.317 e. The largest absolute Gasteiger partial charge is 0.480 e. The minimum atomic E-state index is -0.785. The second-order valence-corrected chi connectivity index (χ2v) is 7.42. The number of hydrogen-bond donors (Lipinski definition) is 2. The Labute approximate surface area is 178 Å². The van der Waals surface area contributed by atoms with Gasteiger partial charge in [-0.3, -0.25) is 19.4 Å². The number of anilines is 1.